The molecule has 0 saturated carbocycles. The minimum absolute atomic E-state index is 0.0635. The summed E-state index contributed by atoms with van der Waals surface area (Å²) in [7, 11) is 0. The summed E-state index contributed by atoms with van der Waals surface area (Å²) in [5.74, 6) is -0.908. The van der Waals surface area contributed by atoms with Crippen LogP contribution in [-0.2, 0) is 6.18 Å². The predicted molar refractivity (Wildman–Crippen MR) is 48.6 cm³/mol. The highest BCUT2D eigenvalue weighted by molar-refractivity contribution is 5.32. The highest BCUT2D eigenvalue weighted by Crippen LogP contribution is 2.35. The summed E-state index contributed by atoms with van der Waals surface area (Å²) < 4.78 is 50.2. The van der Waals surface area contributed by atoms with Crippen LogP contribution in [0.2, 0.25) is 0 Å². The molecule has 0 aliphatic rings. The third-order valence-corrected chi connectivity index (χ3v) is 2.16. The molecule has 0 aromatic heterocycles. The smallest absolute Gasteiger partial charge is 0.324 e. The van der Waals surface area contributed by atoms with Crippen molar-refractivity contribution in [2.24, 2.45) is 5.73 Å². The molecule has 1 aromatic rings. The van der Waals surface area contributed by atoms with E-state index in [1.54, 1.807) is 6.92 Å². The molecule has 0 spiro atoms. The Bertz CT molecular complexity index is 346. The lowest BCUT2D eigenvalue weighted by atomic mass is 9.98. The summed E-state index contributed by atoms with van der Waals surface area (Å²) in [6.45, 7) is 1.67. The lowest BCUT2D eigenvalue weighted by Gasteiger charge is -2.16. The lowest BCUT2D eigenvalue weighted by Crippen LogP contribution is -2.17. The number of hydrogen-bond acceptors (Lipinski definition) is 1. The van der Waals surface area contributed by atoms with Crippen molar-refractivity contribution in [3.8, 4) is 0 Å². The molecule has 5 heteroatoms. The van der Waals surface area contributed by atoms with Crippen molar-refractivity contribution in [2.75, 3.05) is 0 Å². The minimum Gasteiger partial charge on any atom is -0.324 e. The van der Waals surface area contributed by atoms with E-state index in [9.17, 15) is 17.6 Å². The molecule has 1 atom stereocenters. The Labute approximate surface area is 84.9 Å². The SMILES string of the molecule is CC[C@@H](N)c1ccc(F)cc1C(F)(F)F. The molecule has 0 saturated heterocycles. The standard InChI is InChI=1S/C10H11F4N/c1-2-9(15)7-4-3-6(11)5-8(7)10(12,13)14/h3-5,9H,2,15H2,1H3/t9-/m1/s1. The fourth-order valence-electron chi connectivity index (χ4n) is 1.32. The summed E-state index contributed by atoms with van der Waals surface area (Å²) >= 11 is 0. The molecule has 2 N–H and O–H groups in total. The van der Waals surface area contributed by atoms with Crippen molar-refractivity contribution in [1.29, 1.82) is 0 Å². The molecule has 0 radical (unpaired) electrons. The molecule has 1 nitrogen and oxygen atoms in total. The average molecular weight is 221 g/mol. The highest BCUT2D eigenvalue weighted by atomic mass is 19.4. The van der Waals surface area contributed by atoms with Crippen LogP contribution in [0.15, 0.2) is 18.2 Å². The van der Waals surface area contributed by atoms with Gasteiger partial charge in [0, 0.05) is 6.04 Å². The maximum atomic E-state index is 12.7. The van der Waals surface area contributed by atoms with Gasteiger partial charge in [0.05, 0.1) is 5.56 Å². The third-order valence-electron chi connectivity index (χ3n) is 2.16. The number of alkyl halides is 3. The molecule has 0 fully saturated rings. The fourth-order valence-corrected chi connectivity index (χ4v) is 1.32. The van der Waals surface area contributed by atoms with Crippen LogP contribution in [0.4, 0.5) is 17.6 Å². The van der Waals surface area contributed by atoms with Gasteiger partial charge in [-0.3, -0.25) is 0 Å². The summed E-state index contributed by atoms with van der Waals surface area (Å²) in [6, 6.07) is 1.83. The summed E-state index contributed by atoms with van der Waals surface area (Å²) in [5.41, 5.74) is 4.47. The molecule has 0 aliphatic heterocycles. The van der Waals surface area contributed by atoms with E-state index in [-0.39, 0.29) is 5.56 Å². The number of hydrogen-bond donors (Lipinski definition) is 1. The molecule has 15 heavy (non-hydrogen) atoms. The van der Waals surface area contributed by atoms with E-state index in [1.807, 2.05) is 0 Å². The van der Waals surface area contributed by atoms with E-state index in [2.05, 4.69) is 0 Å². The zero-order valence-electron chi connectivity index (χ0n) is 8.11. The van der Waals surface area contributed by atoms with Gasteiger partial charge in [0.25, 0.3) is 0 Å². The Morgan fingerprint density at radius 2 is 1.93 bits per heavy atom. The normalized spacial score (nSPS) is 14.0. The van der Waals surface area contributed by atoms with E-state index >= 15 is 0 Å². The maximum absolute atomic E-state index is 12.7. The van der Waals surface area contributed by atoms with Crippen molar-refractivity contribution in [3.05, 3.63) is 35.1 Å². The van der Waals surface area contributed by atoms with E-state index in [0.29, 0.717) is 12.5 Å². The van der Waals surface area contributed by atoms with Crippen LogP contribution in [0.1, 0.15) is 30.5 Å². The topological polar surface area (TPSA) is 26.0 Å². The zero-order chi connectivity index (χ0) is 11.6. The average Bonchev–Trinajstić information content (AvgIpc) is 2.15. The number of benzene rings is 1. The second kappa shape index (κ2) is 4.18. The molecule has 0 bridgehead atoms. The van der Waals surface area contributed by atoms with Crippen LogP contribution in [0, 0.1) is 5.82 Å². The molecule has 84 valence electrons. The Kier molecular flexibility index (Phi) is 3.34. The molecular weight excluding hydrogens is 210 g/mol. The third kappa shape index (κ3) is 2.68. The van der Waals surface area contributed by atoms with E-state index < -0.39 is 23.6 Å². The Morgan fingerprint density at radius 1 is 1.33 bits per heavy atom. The van der Waals surface area contributed by atoms with Crippen LogP contribution in [0.5, 0.6) is 0 Å². The second-order valence-electron chi connectivity index (χ2n) is 3.24. The fraction of sp³-hybridized carbons (Fsp3) is 0.400. The van der Waals surface area contributed by atoms with Gasteiger partial charge in [-0.15, -0.1) is 0 Å². The predicted octanol–water partition coefficient (Wildman–Crippen LogP) is 3.25. The van der Waals surface area contributed by atoms with Crippen LogP contribution < -0.4 is 5.73 Å². The molecule has 0 unspecified atom stereocenters. The van der Waals surface area contributed by atoms with Crippen molar-refractivity contribution < 1.29 is 17.6 Å². The first-order valence-corrected chi connectivity index (χ1v) is 4.48. The summed E-state index contributed by atoms with van der Waals surface area (Å²) in [4.78, 5) is 0. The molecular formula is C10H11F4N. The zero-order valence-corrected chi connectivity index (χ0v) is 8.11. The van der Waals surface area contributed by atoms with E-state index in [0.717, 1.165) is 12.1 Å². The van der Waals surface area contributed by atoms with Crippen molar-refractivity contribution in [1.82, 2.24) is 0 Å². The van der Waals surface area contributed by atoms with Gasteiger partial charge in [-0.25, -0.2) is 4.39 Å². The quantitative estimate of drug-likeness (QED) is 0.762. The summed E-state index contributed by atoms with van der Waals surface area (Å²) in [6.07, 6.45) is -4.20. The van der Waals surface area contributed by atoms with Crippen molar-refractivity contribution >= 4 is 0 Å². The maximum Gasteiger partial charge on any atom is 0.416 e. The second-order valence-corrected chi connectivity index (χ2v) is 3.24. The van der Waals surface area contributed by atoms with Gasteiger partial charge in [-0.05, 0) is 24.1 Å². The Balaban J connectivity index is 3.27. The lowest BCUT2D eigenvalue weighted by molar-refractivity contribution is -0.138. The number of nitrogens with two attached hydrogens (primary N) is 1. The molecule has 0 aliphatic carbocycles. The van der Waals surface area contributed by atoms with Gasteiger partial charge in [0.2, 0.25) is 0 Å². The first-order valence-electron chi connectivity index (χ1n) is 4.48. The summed E-state index contributed by atoms with van der Waals surface area (Å²) in [5, 5.41) is 0. The van der Waals surface area contributed by atoms with Crippen LogP contribution >= 0.6 is 0 Å². The van der Waals surface area contributed by atoms with E-state index in [1.165, 1.54) is 0 Å². The first kappa shape index (κ1) is 12.0. The van der Waals surface area contributed by atoms with Crippen LogP contribution in [0.3, 0.4) is 0 Å². The van der Waals surface area contributed by atoms with Crippen molar-refractivity contribution in [2.45, 2.75) is 25.6 Å². The Morgan fingerprint density at radius 3 is 2.40 bits per heavy atom. The van der Waals surface area contributed by atoms with Crippen LogP contribution in [0.25, 0.3) is 0 Å². The largest absolute Gasteiger partial charge is 0.416 e. The number of rotatable bonds is 2. The van der Waals surface area contributed by atoms with Crippen LogP contribution in [-0.4, -0.2) is 0 Å². The van der Waals surface area contributed by atoms with Gasteiger partial charge in [-0.1, -0.05) is 13.0 Å². The van der Waals surface area contributed by atoms with Crippen molar-refractivity contribution in [3.63, 3.8) is 0 Å². The highest BCUT2D eigenvalue weighted by Gasteiger charge is 2.34. The van der Waals surface area contributed by atoms with Gasteiger partial charge in [-0.2, -0.15) is 13.2 Å². The molecule has 1 rings (SSSR count). The van der Waals surface area contributed by atoms with Gasteiger partial charge in [0.1, 0.15) is 5.82 Å². The van der Waals surface area contributed by atoms with Gasteiger partial charge >= 0.3 is 6.18 Å². The molecule has 0 heterocycles. The van der Waals surface area contributed by atoms with Gasteiger partial charge < -0.3 is 5.73 Å². The van der Waals surface area contributed by atoms with Gasteiger partial charge in [0.15, 0.2) is 0 Å². The minimum atomic E-state index is -4.57. The molecule has 1 aromatic carbocycles. The first-order chi connectivity index (χ1) is 6.86. The Hall–Kier alpha value is -1.10. The molecule has 0 amide bonds. The number of halogens is 4. The monoisotopic (exact) mass is 221 g/mol. The van der Waals surface area contributed by atoms with E-state index in [4.69, 9.17) is 5.73 Å².